The lowest BCUT2D eigenvalue weighted by Gasteiger charge is -2.08. The second kappa shape index (κ2) is 5.16. The van der Waals surface area contributed by atoms with Crippen LogP contribution in [0.4, 0.5) is 5.82 Å². The van der Waals surface area contributed by atoms with Crippen molar-refractivity contribution in [2.24, 2.45) is 0 Å². The number of nitrogen functional groups attached to an aromatic ring is 1. The van der Waals surface area contributed by atoms with Gasteiger partial charge in [-0.25, -0.2) is 9.61 Å². The summed E-state index contributed by atoms with van der Waals surface area (Å²) < 4.78 is 6.74. The molecule has 114 valence electrons. The molecular weight excluding hydrogens is 294 g/mol. The lowest BCUT2D eigenvalue weighted by Crippen LogP contribution is -2.01. The zero-order chi connectivity index (χ0) is 15.8. The summed E-state index contributed by atoms with van der Waals surface area (Å²) >= 11 is 0. The lowest BCUT2D eigenvalue weighted by molar-refractivity contribution is 0.310. The Kier molecular flexibility index (Phi) is 3.00. The van der Waals surface area contributed by atoms with Gasteiger partial charge in [-0.05, 0) is 34.9 Å². The minimum absolute atomic E-state index is 0.216. The van der Waals surface area contributed by atoms with Crippen molar-refractivity contribution < 1.29 is 4.63 Å². The van der Waals surface area contributed by atoms with Crippen molar-refractivity contribution in [2.45, 2.75) is 13.5 Å². The zero-order valence-electron chi connectivity index (χ0n) is 12.3. The lowest BCUT2D eigenvalue weighted by atomic mass is 10.1. The van der Waals surface area contributed by atoms with Crippen molar-refractivity contribution in [3.63, 3.8) is 0 Å². The Morgan fingerprint density at radius 1 is 1.13 bits per heavy atom. The van der Waals surface area contributed by atoms with Gasteiger partial charge in [0.05, 0.1) is 11.7 Å². The van der Waals surface area contributed by atoms with E-state index < -0.39 is 0 Å². The number of nitrogens with zero attached hydrogens (tertiary/aromatic N) is 6. The molecule has 0 spiro atoms. The van der Waals surface area contributed by atoms with E-state index in [9.17, 15) is 0 Å². The first-order valence-corrected chi connectivity index (χ1v) is 7.12. The summed E-state index contributed by atoms with van der Waals surface area (Å²) in [6.45, 7) is 2.73. The molecule has 0 saturated heterocycles. The Bertz CT molecular complexity index is 974. The number of fused-ring (bicyclic) bond motifs is 1. The summed E-state index contributed by atoms with van der Waals surface area (Å²) in [5.41, 5.74) is 9.97. The third kappa shape index (κ3) is 2.03. The van der Waals surface area contributed by atoms with Crippen LogP contribution in [0.25, 0.3) is 33.7 Å². The molecule has 4 rings (SSSR count). The first-order chi connectivity index (χ1) is 11.3. The summed E-state index contributed by atoms with van der Waals surface area (Å²) in [5.74, 6) is 0.831. The Morgan fingerprint density at radius 2 is 1.96 bits per heavy atom. The highest BCUT2D eigenvalue weighted by molar-refractivity contribution is 5.93. The molecule has 0 aliphatic heterocycles. The molecule has 23 heavy (non-hydrogen) atoms. The van der Waals surface area contributed by atoms with Crippen LogP contribution < -0.4 is 5.73 Å². The van der Waals surface area contributed by atoms with Crippen LogP contribution in [0.1, 0.15) is 6.92 Å². The molecule has 0 atom stereocenters. The number of imidazole rings is 1. The maximum atomic E-state index is 5.82. The van der Waals surface area contributed by atoms with E-state index in [0.29, 0.717) is 18.1 Å². The summed E-state index contributed by atoms with van der Waals surface area (Å²) in [5, 5.41) is 7.50. The van der Waals surface area contributed by atoms with Crippen LogP contribution >= 0.6 is 0 Å². The Hall–Kier alpha value is -3.29. The molecular formula is C15H13N7O. The van der Waals surface area contributed by atoms with E-state index in [2.05, 4.69) is 25.3 Å². The molecule has 0 saturated carbocycles. The van der Waals surface area contributed by atoms with Crippen LogP contribution in [0.5, 0.6) is 0 Å². The predicted molar refractivity (Wildman–Crippen MR) is 84.1 cm³/mol. The van der Waals surface area contributed by atoms with Crippen LogP contribution in [-0.2, 0) is 6.54 Å². The topological polar surface area (TPSA) is 109 Å². The minimum Gasteiger partial charge on any atom is -0.379 e. The predicted octanol–water partition coefficient (Wildman–Crippen LogP) is 2.15. The highest BCUT2D eigenvalue weighted by Gasteiger charge is 2.20. The standard InChI is InChI=1S/C15H13N7O/c1-2-22-13-10(9-3-5-17-6-4-9)7-18-8-11(13)19-15(22)12-14(16)21-23-20-12/h3-8H,2H2,1H3,(H2,16,21). The highest BCUT2D eigenvalue weighted by atomic mass is 16.6. The molecule has 4 aromatic rings. The second-order valence-corrected chi connectivity index (χ2v) is 4.97. The van der Waals surface area contributed by atoms with E-state index in [-0.39, 0.29) is 5.82 Å². The molecule has 0 aliphatic carbocycles. The van der Waals surface area contributed by atoms with Gasteiger partial charge in [0, 0.05) is 30.7 Å². The fourth-order valence-electron chi connectivity index (χ4n) is 2.67. The Balaban J connectivity index is 2.05. The fourth-order valence-corrected chi connectivity index (χ4v) is 2.67. The number of hydrogen-bond donors (Lipinski definition) is 1. The molecule has 4 aromatic heterocycles. The number of aryl methyl sites for hydroxylation is 1. The van der Waals surface area contributed by atoms with Gasteiger partial charge in [-0.3, -0.25) is 9.97 Å². The molecule has 0 aliphatic rings. The SMILES string of the molecule is CCn1c(-c2nonc2N)nc2cncc(-c3ccncc3)c21. The summed E-state index contributed by atoms with van der Waals surface area (Å²) in [6, 6.07) is 3.88. The molecule has 0 unspecified atom stereocenters. The van der Waals surface area contributed by atoms with Crippen LogP contribution in [0.3, 0.4) is 0 Å². The molecule has 0 bridgehead atoms. The van der Waals surface area contributed by atoms with Crippen molar-refractivity contribution in [2.75, 3.05) is 5.73 Å². The molecule has 2 N–H and O–H groups in total. The van der Waals surface area contributed by atoms with E-state index in [1.807, 2.05) is 29.8 Å². The maximum Gasteiger partial charge on any atom is 0.199 e. The molecule has 0 amide bonds. The van der Waals surface area contributed by atoms with E-state index in [1.54, 1.807) is 18.6 Å². The molecule has 0 fully saturated rings. The third-order valence-electron chi connectivity index (χ3n) is 3.68. The van der Waals surface area contributed by atoms with Gasteiger partial charge in [0.2, 0.25) is 0 Å². The fraction of sp³-hybridized carbons (Fsp3) is 0.133. The van der Waals surface area contributed by atoms with Crippen molar-refractivity contribution >= 4 is 16.9 Å². The molecule has 8 nitrogen and oxygen atoms in total. The number of hydrogen-bond acceptors (Lipinski definition) is 7. The summed E-state index contributed by atoms with van der Waals surface area (Å²) in [6.07, 6.45) is 7.04. The van der Waals surface area contributed by atoms with Gasteiger partial charge in [-0.2, -0.15) is 0 Å². The number of aromatic nitrogens is 6. The number of pyridine rings is 2. The normalized spacial score (nSPS) is 11.2. The first kappa shape index (κ1) is 13.4. The largest absolute Gasteiger partial charge is 0.379 e. The van der Waals surface area contributed by atoms with Gasteiger partial charge in [0.1, 0.15) is 5.52 Å². The van der Waals surface area contributed by atoms with E-state index in [0.717, 1.165) is 22.2 Å². The van der Waals surface area contributed by atoms with Crippen LogP contribution in [0, 0.1) is 0 Å². The van der Waals surface area contributed by atoms with Crippen LogP contribution in [-0.4, -0.2) is 29.8 Å². The summed E-state index contributed by atoms with van der Waals surface area (Å²) in [7, 11) is 0. The number of rotatable bonds is 3. The average Bonchev–Trinajstić information content (AvgIpc) is 3.17. The smallest absolute Gasteiger partial charge is 0.199 e. The third-order valence-corrected chi connectivity index (χ3v) is 3.68. The van der Waals surface area contributed by atoms with Crippen molar-refractivity contribution in [3.8, 4) is 22.6 Å². The van der Waals surface area contributed by atoms with E-state index in [1.165, 1.54) is 0 Å². The van der Waals surface area contributed by atoms with Crippen molar-refractivity contribution in [1.29, 1.82) is 0 Å². The molecule has 0 aromatic carbocycles. The quantitative estimate of drug-likeness (QED) is 0.617. The van der Waals surface area contributed by atoms with Crippen molar-refractivity contribution in [1.82, 2.24) is 29.8 Å². The van der Waals surface area contributed by atoms with E-state index in [4.69, 9.17) is 10.4 Å². The Labute approximate surface area is 131 Å². The molecule has 0 radical (unpaired) electrons. The molecule has 4 heterocycles. The van der Waals surface area contributed by atoms with Gasteiger partial charge in [0.15, 0.2) is 17.3 Å². The Morgan fingerprint density at radius 3 is 2.65 bits per heavy atom. The van der Waals surface area contributed by atoms with Crippen LogP contribution in [0.15, 0.2) is 41.5 Å². The van der Waals surface area contributed by atoms with Gasteiger partial charge >= 0.3 is 0 Å². The monoisotopic (exact) mass is 307 g/mol. The maximum absolute atomic E-state index is 5.82. The van der Waals surface area contributed by atoms with Crippen LogP contribution in [0.2, 0.25) is 0 Å². The number of nitrogens with two attached hydrogens (primary N) is 1. The highest BCUT2D eigenvalue weighted by Crippen LogP contribution is 2.32. The van der Waals surface area contributed by atoms with Gasteiger partial charge < -0.3 is 10.3 Å². The number of anilines is 1. The van der Waals surface area contributed by atoms with Gasteiger partial charge in [0.25, 0.3) is 0 Å². The van der Waals surface area contributed by atoms with Gasteiger partial charge in [-0.1, -0.05) is 0 Å². The second-order valence-electron chi connectivity index (χ2n) is 4.97. The average molecular weight is 307 g/mol. The van der Waals surface area contributed by atoms with E-state index >= 15 is 0 Å². The summed E-state index contributed by atoms with van der Waals surface area (Å²) in [4.78, 5) is 13.0. The van der Waals surface area contributed by atoms with Gasteiger partial charge in [-0.15, -0.1) is 0 Å². The van der Waals surface area contributed by atoms with Crippen molar-refractivity contribution in [3.05, 3.63) is 36.9 Å². The molecule has 8 heteroatoms. The first-order valence-electron chi connectivity index (χ1n) is 7.12. The minimum atomic E-state index is 0.216. The zero-order valence-corrected chi connectivity index (χ0v) is 12.3.